The summed E-state index contributed by atoms with van der Waals surface area (Å²) in [6.45, 7) is 0.652. The second-order valence-corrected chi connectivity index (χ2v) is 9.57. The zero-order valence-electron chi connectivity index (χ0n) is 17.1. The number of sulfonamides is 1. The van der Waals surface area contributed by atoms with Crippen LogP contribution in [0.2, 0.25) is 5.02 Å². The molecule has 4 aromatic rings. The zero-order valence-corrected chi connectivity index (χ0v) is 18.7. The Morgan fingerprint density at radius 2 is 1.85 bits per heavy atom. The van der Waals surface area contributed by atoms with E-state index in [9.17, 15) is 13.2 Å². The number of imidazole rings is 1. The highest BCUT2D eigenvalue weighted by atomic mass is 35.5. The van der Waals surface area contributed by atoms with Gasteiger partial charge in [-0.05, 0) is 30.3 Å². The molecule has 11 nitrogen and oxygen atoms in total. The summed E-state index contributed by atoms with van der Waals surface area (Å²) in [6, 6.07) is 10.2. The number of rotatable bonds is 4. The van der Waals surface area contributed by atoms with Crippen molar-refractivity contribution in [2.24, 2.45) is 0 Å². The van der Waals surface area contributed by atoms with Gasteiger partial charge in [-0.25, -0.2) is 18.4 Å². The van der Waals surface area contributed by atoms with Crippen LogP contribution in [0.5, 0.6) is 0 Å². The third-order valence-electron chi connectivity index (χ3n) is 5.21. The van der Waals surface area contributed by atoms with E-state index in [1.807, 2.05) is 0 Å². The van der Waals surface area contributed by atoms with Gasteiger partial charge in [0.25, 0.3) is 15.9 Å². The van der Waals surface area contributed by atoms with Gasteiger partial charge in [0.2, 0.25) is 5.16 Å². The SMILES string of the molecule is O=C(c1cnc(-c2ccccn2)nn1)N1CCN(S(=O)(=O)c2nc3ccc(Cl)cc3[nH]2)CC1. The number of nitrogens with zero attached hydrogens (tertiary/aromatic N) is 7. The van der Waals surface area contributed by atoms with Gasteiger partial charge in [-0.3, -0.25) is 9.78 Å². The van der Waals surface area contributed by atoms with Gasteiger partial charge < -0.3 is 9.88 Å². The predicted octanol–water partition coefficient (Wildman–Crippen LogP) is 1.61. The van der Waals surface area contributed by atoms with E-state index in [4.69, 9.17) is 11.6 Å². The first kappa shape index (κ1) is 21.4. The van der Waals surface area contributed by atoms with Crippen LogP contribution < -0.4 is 0 Å². The van der Waals surface area contributed by atoms with Crippen molar-refractivity contribution in [1.82, 2.24) is 39.3 Å². The van der Waals surface area contributed by atoms with Gasteiger partial charge in [0.05, 0.1) is 17.2 Å². The van der Waals surface area contributed by atoms with Crippen LogP contribution in [0.15, 0.2) is 53.9 Å². The minimum atomic E-state index is -3.85. The number of carbonyl (C=O) groups excluding carboxylic acids is 1. The lowest BCUT2D eigenvalue weighted by molar-refractivity contribution is 0.0690. The minimum absolute atomic E-state index is 0.0835. The van der Waals surface area contributed by atoms with E-state index in [2.05, 4.69) is 30.1 Å². The molecule has 5 rings (SSSR count). The highest BCUT2D eigenvalue weighted by Crippen LogP contribution is 2.22. The molecule has 1 N–H and O–H groups in total. The quantitative estimate of drug-likeness (QED) is 0.461. The minimum Gasteiger partial charge on any atom is -0.335 e. The Hall–Kier alpha value is -3.48. The van der Waals surface area contributed by atoms with Gasteiger partial charge in [-0.1, -0.05) is 17.7 Å². The first-order valence-electron chi connectivity index (χ1n) is 9.98. The normalized spacial score (nSPS) is 15.1. The maximum atomic E-state index is 13.0. The highest BCUT2D eigenvalue weighted by molar-refractivity contribution is 7.89. The number of aromatic nitrogens is 6. The lowest BCUT2D eigenvalue weighted by Crippen LogP contribution is -2.50. The Bertz CT molecular complexity index is 1420. The van der Waals surface area contributed by atoms with Crippen molar-refractivity contribution in [2.75, 3.05) is 26.2 Å². The summed E-state index contributed by atoms with van der Waals surface area (Å²) in [5, 5.41) is 8.29. The number of hydrogen-bond donors (Lipinski definition) is 1. The smallest absolute Gasteiger partial charge is 0.276 e. The van der Waals surface area contributed by atoms with Crippen LogP contribution in [0.3, 0.4) is 0 Å². The molecular weight excluding hydrogens is 468 g/mol. The Morgan fingerprint density at radius 1 is 1.03 bits per heavy atom. The number of benzene rings is 1. The fraction of sp³-hybridized carbons (Fsp3) is 0.200. The second-order valence-electron chi connectivity index (χ2n) is 7.28. The van der Waals surface area contributed by atoms with Crippen LogP contribution in [-0.4, -0.2) is 79.8 Å². The molecule has 0 aliphatic carbocycles. The van der Waals surface area contributed by atoms with Crippen LogP contribution in [0.25, 0.3) is 22.6 Å². The number of pyridine rings is 1. The van der Waals surface area contributed by atoms with Crippen molar-refractivity contribution in [3.8, 4) is 11.5 Å². The summed E-state index contributed by atoms with van der Waals surface area (Å²) >= 11 is 5.96. The van der Waals surface area contributed by atoms with Crippen molar-refractivity contribution < 1.29 is 13.2 Å². The molecule has 0 unspecified atom stereocenters. The molecule has 0 radical (unpaired) electrons. The number of aromatic amines is 1. The van der Waals surface area contributed by atoms with Crippen LogP contribution in [0, 0.1) is 0 Å². The average Bonchev–Trinajstić information content (AvgIpc) is 3.28. The number of carbonyl (C=O) groups is 1. The highest BCUT2D eigenvalue weighted by Gasteiger charge is 2.33. The van der Waals surface area contributed by atoms with E-state index in [0.29, 0.717) is 27.6 Å². The summed E-state index contributed by atoms with van der Waals surface area (Å²) in [7, 11) is -3.85. The molecule has 1 aromatic carbocycles. The Labute approximate surface area is 193 Å². The number of piperazine rings is 1. The Kier molecular flexibility index (Phi) is 5.48. The van der Waals surface area contributed by atoms with E-state index in [-0.39, 0.29) is 42.9 Å². The molecule has 0 saturated carbocycles. The maximum Gasteiger partial charge on any atom is 0.276 e. The van der Waals surface area contributed by atoms with Gasteiger partial charge in [0, 0.05) is 37.4 Å². The lowest BCUT2D eigenvalue weighted by Gasteiger charge is -2.33. The molecule has 1 saturated heterocycles. The van der Waals surface area contributed by atoms with Crippen LogP contribution >= 0.6 is 11.6 Å². The molecule has 1 fully saturated rings. The summed E-state index contributed by atoms with van der Waals surface area (Å²) < 4.78 is 27.3. The molecule has 0 spiro atoms. The molecule has 1 aliphatic rings. The van der Waals surface area contributed by atoms with E-state index < -0.39 is 10.0 Å². The molecule has 168 valence electrons. The number of halogens is 1. The van der Waals surface area contributed by atoms with Gasteiger partial charge in [-0.2, -0.15) is 4.31 Å². The van der Waals surface area contributed by atoms with Crippen LogP contribution in [-0.2, 0) is 10.0 Å². The maximum absolute atomic E-state index is 13.0. The third kappa shape index (κ3) is 4.15. The van der Waals surface area contributed by atoms with Gasteiger partial charge in [-0.15, -0.1) is 10.2 Å². The fourth-order valence-corrected chi connectivity index (χ4v) is 5.00. The molecule has 13 heteroatoms. The number of nitrogens with one attached hydrogen (secondary N) is 1. The zero-order chi connectivity index (χ0) is 23.0. The second kappa shape index (κ2) is 8.46. The lowest BCUT2D eigenvalue weighted by atomic mass is 10.3. The van der Waals surface area contributed by atoms with Gasteiger partial charge in [0.1, 0.15) is 5.69 Å². The molecule has 0 bridgehead atoms. The standard InChI is InChI=1S/C20H17ClN8O3S/c21-13-4-5-14-16(11-13)25-20(24-14)33(31,32)29-9-7-28(8-10-29)19(30)17-12-23-18(27-26-17)15-3-1-2-6-22-15/h1-6,11-12H,7-10H2,(H,24,25). The summed E-state index contributed by atoms with van der Waals surface area (Å²) in [4.78, 5) is 29.6. The van der Waals surface area contributed by atoms with Crippen molar-refractivity contribution in [1.29, 1.82) is 0 Å². The van der Waals surface area contributed by atoms with Crippen molar-refractivity contribution in [3.05, 3.63) is 59.5 Å². The largest absolute Gasteiger partial charge is 0.335 e. The molecule has 1 amide bonds. The van der Waals surface area contributed by atoms with E-state index in [1.165, 1.54) is 15.4 Å². The predicted molar refractivity (Wildman–Crippen MR) is 119 cm³/mol. The number of H-pyrrole nitrogens is 1. The number of fused-ring (bicyclic) bond motifs is 1. The molecule has 4 heterocycles. The summed E-state index contributed by atoms with van der Waals surface area (Å²) in [5.41, 5.74) is 1.68. The average molecular weight is 485 g/mol. The molecule has 3 aromatic heterocycles. The summed E-state index contributed by atoms with van der Waals surface area (Å²) in [5.74, 6) is -0.0480. The van der Waals surface area contributed by atoms with E-state index in [0.717, 1.165) is 0 Å². The number of amides is 1. The Balaban J connectivity index is 1.26. The molecular formula is C20H17ClN8O3S. The van der Waals surface area contributed by atoms with Crippen molar-refractivity contribution >= 4 is 38.6 Å². The first-order valence-corrected chi connectivity index (χ1v) is 11.8. The monoisotopic (exact) mass is 484 g/mol. The fourth-order valence-electron chi connectivity index (χ4n) is 3.48. The number of hydrogen-bond acceptors (Lipinski definition) is 8. The first-order chi connectivity index (χ1) is 15.9. The Morgan fingerprint density at radius 3 is 2.55 bits per heavy atom. The molecule has 0 atom stereocenters. The third-order valence-corrected chi connectivity index (χ3v) is 7.17. The van der Waals surface area contributed by atoms with Gasteiger partial charge >= 0.3 is 0 Å². The molecule has 33 heavy (non-hydrogen) atoms. The van der Waals surface area contributed by atoms with Crippen LogP contribution in [0.1, 0.15) is 10.5 Å². The summed E-state index contributed by atoms with van der Waals surface area (Å²) in [6.07, 6.45) is 2.97. The van der Waals surface area contributed by atoms with E-state index >= 15 is 0 Å². The van der Waals surface area contributed by atoms with Crippen LogP contribution in [0.4, 0.5) is 0 Å². The van der Waals surface area contributed by atoms with Crippen molar-refractivity contribution in [2.45, 2.75) is 5.16 Å². The molecule has 1 aliphatic heterocycles. The van der Waals surface area contributed by atoms with Crippen molar-refractivity contribution in [3.63, 3.8) is 0 Å². The van der Waals surface area contributed by atoms with E-state index in [1.54, 1.807) is 42.6 Å². The topological polar surface area (TPSA) is 138 Å². The van der Waals surface area contributed by atoms with Gasteiger partial charge in [0.15, 0.2) is 11.5 Å².